The van der Waals surface area contributed by atoms with Gasteiger partial charge in [-0.3, -0.25) is 0 Å². The van der Waals surface area contributed by atoms with E-state index in [1.807, 2.05) is 0 Å². The molecule has 0 aliphatic rings. The average Bonchev–Trinajstić information content (AvgIpc) is 1.80. The third-order valence-electron chi connectivity index (χ3n) is 0.789. The van der Waals surface area contributed by atoms with Crippen LogP contribution in [0.1, 0.15) is 0 Å². The summed E-state index contributed by atoms with van der Waals surface area (Å²) in [6.07, 6.45) is 1.66. The fraction of sp³-hybridized carbons (Fsp3) is 0. The van der Waals surface area contributed by atoms with Crippen molar-refractivity contribution < 1.29 is 0 Å². The van der Waals surface area contributed by atoms with Gasteiger partial charge in [0.1, 0.15) is 5.82 Å². The normalized spacial score (nSPS) is 9.44. The third kappa shape index (κ3) is 1.49. The van der Waals surface area contributed by atoms with Gasteiger partial charge < -0.3 is 10.7 Å². The fourth-order valence-corrected chi connectivity index (χ4v) is 0.755. The highest BCUT2D eigenvalue weighted by molar-refractivity contribution is 9.10. The van der Waals surface area contributed by atoms with Crippen LogP contribution in [-0.2, 0) is 0 Å². The number of aromatic nitrogens is 2. The molecule has 0 saturated heterocycles. The molecule has 48 valence electrons. The van der Waals surface area contributed by atoms with Gasteiger partial charge >= 0.3 is 0 Å². The van der Waals surface area contributed by atoms with Gasteiger partial charge in [-0.15, -0.1) is 0 Å². The Bertz CT molecular complexity index is 269. The molecule has 0 aromatic carbocycles. The van der Waals surface area contributed by atoms with Crippen LogP contribution in [-0.4, -0.2) is 9.97 Å². The first-order valence-corrected chi connectivity index (χ1v) is 3.41. The zero-order valence-corrected chi connectivity index (χ0v) is 6.79. The summed E-state index contributed by atoms with van der Waals surface area (Å²) in [4.78, 5) is 6.48. The van der Waals surface area contributed by atoms with Gasteiger partial charge in [0, 0.05) is 6.20 Å². The van der Waals surface area contributed by atoms with Gasteiger partial charge in [0.05, 0.1) is 4.47 Å². The van der Waals surface area contributed by atoms with Gasteiger partial charge in [-0.2, -0.15) is 0 Å². The number of rotatable bonds is 0. The van der Waals surface area contributed by atoms with Gasteiger partial charge in [-0.1, -0.05) is 0 Å². The molecule has 0 fully saturated rings. The summed E-state index contributed by atoms with van der Waals surface area (Å²) in [5.74, 6) is 0.416. The van der Waals surface area contributed by atoms with Crippen molar-refractivity contribution in [1.82, 2.24) is 9.97 Å². The lowest BCUT2D eigenvalue weighted by atomic mass is 10.6. The number of anilines is 1. The van der Waals surface area contributed by atoms with E-state index in [0.29, 0.717) is 10.6 Å². The summed E-state index contributed by atoms with van der Waals surface area (Å²) in [5, 5.41) is 0. The second kappa shape index (κ2) is 2.45. The first kappa shape index (κ1) is 6.70. The summed E-state index contributed by atoms with van der Waals surface area (Å²) in [6, 6.07) is 0. The molecule has 0 amide bonds. The Kier molecular flexibility index (Phi) is 1.82. The quantitative estimate of drug-likeness (QED) is 0.632. The van der Waals surface area contributed by atoms with Gasteiger partial charge in [-0.25, -0.2) is 4.98 Å². The van der Waals surface area contributed by atoms with Crippen LogP contribution in [0.3, 0.4) is 0 Å². The Morgan fingerprint density at radius 2 is 2.44 bits per heavy atom. The number of hydrogen-bond acceptors (Lipinski definition) is 3. The molecule has 1 aromatic heterocycles. The Balaban J connectivity index is 3.34. The first-order chi connectivity index (χ1) is 4.20. The van der Waals surface area contributed by atoms with Crippen LogP contribution in [0.25, 0.3) is 0 Å². The van der Waals surface area contributed by atoms with E-state index in [2.05, 4.69) is 25.9 Å². The Labute approximate surface area is 65.4 Å². The zero-order chi connectivity index (χ0) is 6.85. The number of halogens is 1. The summed E-state index contributed by atoms with van der Waals surface area (Å²) < 4.78 is 1.13. The number of H-pyrrole nitrogens is 1. The Morgan fingerprint density at radius 1 is 1.78 bits per heavy atom. The minimum absolute atomic E-state index is 0.399. The highest BCUT2D eigenvalue weighted by Gasteiger charge is 1.91. The van der Waals surface area contributed by atoms with E-state index in [0.717, 1.165) is 4.47 Å². The van der Waals surface area contributed by atoms with E-state index in [1.165, 1.54) is 0 Å². The van der Waals surface area contributed by atoms with E-state index < -0.39 is 0 Å². The van der Waals surface area contributed by atoms with Crippen molar-refractivity contribution in [1.29, 1.82) is 0 Å². The molecule has 3 N–H and O–H groups in total. The molecule has 0 radical (unpaired) electrons. The largest absolute Gasteiger partial charge is 0.383 e. The number of aromatic amines is 1. The second-order valence-electron chi connectivity index (χ2n) is 1.44. The predicted octanol–water partition coefficient (Wildman–Crippen LogP) is 1.48. The van der Waals surface area contributed by atoms with Crippen molar-refractivity contribution in [2.24, 2.45) is 0 Å². The van der Waals surface area contributed by atoms with E-state index in [4.69, 9.17) is 18.0 Å². The highest BCUT2D eigenvalue weighted by Crippen LogP contribution is 2.12. The summed E-state index contributed by atoms with van der Waals surface area (Å²) in [5.41, 5.74) is 5.38. The lowest BCUT2D eigenvalue weighted by Crippen LogP contribution is -1.92. The van der Waals surface area contributed by atoms with Crippen LogP contribution in [0.2, 0.25) is 0 Å². The van der Waals surface area contributed by atoms with Crippen molar-refractivity contribution in [3.8, 4) is 0 Å². The van der Waals surface area contributed by atoms with Gasteiger partial charge in [0.2, 0.25) is 0 Å². The van der Waals surface area contributed by atoms with Gasteiger partial charge in [0.25, 0.3) is 0 Å². The van der Waals surface area contributed by atoms with Crippen LogP contribution >= 0.6 is 28.1 Å². The SMILES string of the molecule is Nc1nc(=S)[nH]cc1Br. The molecule has 0 spiro atoms. The maximum absolute atomic E-state index is 5.38. The number of nitrogens with zero attached hydrogens (tertiary/aromatic N) is 1. The van der Waals surface area contributed by atoms with Crippen molar-refractivity contribution >= 4 is 34.0 Å². The number of nitrogens with one attached hydrogen (secondary N) is 1. The number of nitrogens with two attached hydrogens (primary N) is 1. The fourth-order valence-electron chi connectivity index (χ4n) is 0.394. The van der Waals surface area contributed by atoms with Crippen LogP contribution in [0.5, 0.6) is 0 Å². The van der Waals surface area contributed by atoms with E-state index in [9.17, 15) is 0 Å². The predicted molar refractivity (Wildman–Crippen MR) is 41.5 cm³/mol. The molecule has 0 saturated carbocycles. The molecule has 0 unspecified atom stereocenters. The maximum Gasteiger partial charge on any atom is 0.198 e. The Morgan fingerprint density at radius 3 is 2.89 bits per heavy atom. The summed E-state index contributed by atoms with van der Waals surface area (Å²) in [6.45, 7) is 0. The molecule has 9 heavy (non-hydrogen) atoms. The third-order valence-corrected chi connectivity index (χ3v) is 1.63. The minimum atomic E-state index is 0.399. The standard InChI is InChI=1S/C4H4BrN3S/c5-2-1-7-4(9)8-3(2)6/h1H,(H3,6,7,8,9). The van der Waals surface area contributed by atoms with E-state index in [1.54, 1.807) is 6.20 Å². The molecule has 1 aromatic rings. The summed E-state index contributed by atoms with van der Waals surface area (Å²) >= 11 is 7.86. The molecule has 0 atom stereocenters. The molecule has 3 nitrogen and oxygen atoms in total. The smallest absolute Gasteiger partial charge is 0.198 e. The van der Waals surface area contributed by atoms with Gasteiger partial charge in [-0.05, 0) is 28.1 Å². The number of nitrogen functional groups attached to an aromatic ring is 1. The monoisotopic (exact) mass is 205 g/mol. The molecular weight excluding hydrogens is 202 g/mol. The maximum atomic E-state index is 5.38. The molecule has 1 rings (SSSR count). The molecule has 0 aliphatic carbocycles. The zero-order valence-electron chi connectivity index (χ0n) is 4.39. The van der Waals surface area contributed by atoms with Crippen molar-refractivity contribution in [3.63, 3.8) is 0 Å². The Hall–Kier alpha value is -0.420. The lowest BCUT2D eigenvalue weighted by Gasteiger charge is -1.92. The van der Waals surface area contributed by atoms with Gasteiger partial charge in [0.15, 0.2) is 4.77 Å². The van der Waals surface area contributed by atoms with Crippen molar-refractivity contribution in [3.05, 3.63) is 15.4 Å². The van der Waals surface area contributed by atoms with Crippen LogP contribution in [0.4, 0.5) is 5.82 Å². The lowest BCUT2D eigenvalue weighted by molar-refractivity contribution is 1.13. The average molecular weight is 206 g/mol. The first-order valence-electron chi connectivity index (χ1n) is 2.21. The molecule has 0 aliphatic heterocycles. The topological polar surface area (TPSA) is 54.7 Å². The second-order valence-corrected chi connectivity index (χ2v) is 2.68. The van der Waals surface area contributed by atoms with Crippen LogP contribution in [0.15, 0.2) is 10.7 Å². The van der Waals surface area contributed by atoms with E-state index >= 15 is 0 Å². The minimum Gasteiger partial charge on any atom is -0.383 e. The highest BCUT2D eigenvalue weighted by atomic mass is 79.9. The molecular formula is C4H4BrN3S. The van der Waals surface area contributed by atoms with Crippen molar-refractivity contribution in [2.45, 2.75) is 0 Å². The summed E-state index contributed by atoms with van der Waals surface area (Å²) in [7, 11) is 0. The van der Waals surface area contributed by atoms with Crippen LogP contribution in [0, 0.1) is 4.77 Å². The van der Waals surface area contributed by atoms with Crippen LogP contribution < -0.4 is 5.73 Å². The van der Waals surface area contributed by atoms with Crippen molar-refractivity contribution in [2.75, 3.05) is 5.73 Å². The molecule has 5 heteroatoms. The molecule has 1 heterocycles. The van der Waals surface area contributed by atoms with E-state index in [-0.39, 0.29) is 0 Å². The number of hydrogen-bond donors (Lipinski definition) is 2. The molecule has 0 bridgehead atoms.